The molecule has 0 fully saturated rings. The van der Waals surface area contributed by atoms with Gasteiger partial charge in [-0.2, -0.15) is 0 Å². The molecule has 0 heterocycles. The molecule has 2 heteroatoms. The second kappa shape index (κ2) is 18.2. The predicted octanol–water partition coefficient (Wildman–Crippen LogP) is 17.2. The number of aryl methyl sites for hydroxylation is 9. The highest BCUT2D eigenvalue weighted by molar-refractivity contribution is 6.00. The minimum atomic E-state index is -0.165. The molecule has 0 aromatic heterocycles. The van der Waals surface area contributed by atoms with Crippen molar-refractivity contribution >= 4 is 45.3 Å². The Bertz CT molecular complexity index is 2850. The van der Waals surface area contributed by atoms with Gasteiger partial charge in [0.05, 0.1) is 0 Å². The first-order valence-corrected chi connectivity index (χ1v) is 25.1. The van der Waals surface area contributed by atoms with E-state index in [2.05, 4.69) is 200 Å². The summed E-state index contributed by atoms with van der Waals surface area (Å²) in [4.78, 5) is 5.07. The number of anilines is 5. The van der Waals surface area contributed by atoms with Crippen molar-refractivity contribution in [2.45, 2.75) is 139 Å². The van der Waals surface area contributed by atoms with Crippen LogP contribution in [-0.4, -0.2) is 0 Å². The van der Waals surface area contributed by atoms with E-state index in [0.29, 0.717) is 0 Å². The molecular formula is C63H70N2. The van der Waals surface area contributed by atoms with Crippen molar-refractivity contribution in [3.05, 3.63) is 188 Å². The number of rotatable bonds is 14. The Morgan fingerprint density at radius 3 is 1.29 bits per heavy atom. The van der Waals surface area contributed by atoms with Crippen molar-refractivity contribution < 1.29 is 0 Å². The number of hydrogen-bond acceptors (Lipinski definition) is 2. The highest BCUT2D eigenvalue weighted by Crippen LogP contribution is 2.53. The normalized spacial score (nSPS) is 13.7. The van der Waals surface area contributed by atoms with Gasteiger partial charge in [-0.1, -0.05) is 118 Å². The van der Waals surface area contributed by atoms with Crippen molar-refractivity contribution in [1.29, 1.82) is 0 Å². The third-order valence-corrected chi connectivity index (χ3v) is 15.2. The quantitative estimate of drug-likeness (QED) is 0.108. The van der Waals surface area contributed by atoms with Gasteiger partial charge in [0.25, 0.3) is 0 Å². The molecule has 9 rings (SSSR count). The van der Waals surface area contributed by atoms with Crippen molar-refractivity contribution in [2.75, 3.05) is 9.80 Å². The second-order valence-electron chi connectivity index (χ2n) is 19.1. The summed E-state index contributed by atoms with van der Waals surface area (Å²) in [6, 6.07) is 45.8. The lowest BCUT2D eigenvalue weighted by atomic mass is 9.79. The summed E-state index contributed by atoms with van der Waals surface area (Å²) in [5.41, 5.74) is 27.4. The van der Waals surface area contributed by atoms with Crippen LogP contribution >= 0.6 is 0 Å². The molecule has 332 valence electrons. The fourth-order valence-corrected chi connectivity index (χ4v) is 11.6. The van der Waals surface area contributed by atoms with Crippen LogP contribution in [0.5, 0.6) is 0 Å². The van der Waals surface area contributed by atoms with Gasteiger partial charge >= 0.3 is 0 Å². The molecule has 0 saturated carbocycles. The number of allylic oxidation sites excluding steroid dienone is 1. The van der Waals surface area contributed by atoms with Gasteiger partial charge in [-0.3, -0.25) is 0 Å². The molecule has 65 heavy (non-hydrogen) atoms. The number of nitrogens with zero attached hydrogens (tertiary/aromatic N) is 2. The molecule has 0 saturated heterocycles. The van der Waals surface area contributed by atoms with Crippen molar-refractivity contribution in [2.24, 2.45) is 0 Å². The standard InChI is InChI=1S/C63H70N2/c1-11-41-19-25-52(33-45(41)15-5)64(53-26-20-42(12-2)46(16-6)34-53)56-29-23-49-39-60-59-31-24-50-37-57(30-32-58(50)62(59)63(9,10)61(60)40-51(49)38-56)65(54-27-21-43(13-3)47(17-7)35-54)55-28-22-44(14-4)48(18-8)36-55/h19-22,24-28,30-40H,11-18,23,29H2,1-10H3. The molecular weight excluding hydrogens is 785 g/mol. The van der Waals surface area contributed by atoms with Crippen LogP contribution in [-0.2, 0) is 63.2 Å². The summed E-state index contributed by atoms with van der Waals surface area (Å²) in [6.07, 6.45) is 12.9. The zero-order valence-corrected chi connectivity index (χ0v) is 41.0. The topological polar surface area (TPSA) is 6.48 Å². The molecule has 0 amide bonds. The van der Waals surface area contributed by atoms with Crippen LogP contribution in [0.3, 0.4) is 0 Å². The largest absolute Gasteiger partial charge is 0.314 e. The molecule has 0 N–H and O–H groups in total. The van der Waals surface area contributed by atoms with Gasteiger partial charge in [0.15, 0.2) is 0 Å². The van der Waals surface area contributed by atoms with Crippen LogP contribution < -0.4 is 9.80 Å². The highest BCUT2D eigenvalue weighted by Gasteiger charge is 2.38. The van der Waals surface area contributed by atoms with Gasteiger partial charge in [-0.25, -0.2) is 0 Å². The molecule has 0 bridgehead atoms. The molecule has 0 atom stereocenters. The maximum Gasteiger partial charge on any atom is 0.0468 e. The molecule has 0 radical (unpaired) electrons. The summed E-state index contributed by atoms with van der Waals surface area (Å²) >= 11 is 0. The van der Waals surface area contributed by atoms with Gasteiger partial charge in [-0.05, 0) is 226 Å². The van der Waals surface area contributed by atoms with Crippen LogP contribution in [0.25, 0.3) is 28.0 Å². The average molecular weight is 855 g/mol. The number of fused-ring (bicyclic) bond motifs is 6. The van der Waals surface area contributed by atoms with E-state index in [4.69, 9.17) is 0 Å². The number of hydrogen-bond donors (Lipinski definition) is 0. The molecule has 7 aromatic carbocycles. The minimum Gasteiger partial charge on any atom is -0.314 e. The van der Waals surface area contributed by atoms with E-state index in [1.165, 1.54) is 123 Å². The zero-order chi connectivity index (χ0) is 45.6. The van der Waals surface area contributed by atoms with E-state index < -0.39 is 0 Å². The third-order valence-electron chi connectivity index (χ3n) is 15.2. The second-order valence-corrected chi connectivity index (χ2v) is 19.1. The van der Waals surface area contributed by atoms with Crippen molar-refractivity contribution in [1.82, 2.24) is 0 Å². The Morgan fingerprint density at radius 2 is 0.831 bits per heavy atom. The SMILES string of the molecule is CCc1ccc(N(C2=Cc3cc4c(cc3CC2)-c2ccc3cc(N(c5ccc(CC)c(CC)c5)c5ccc(CC)c(CC)c5)ccc3c2C4(C)C)c2ccc(CC)c(CC)c2)cc1CC. The van der Waals surface area contributed by atoms with Crippen LogP contribution in [0.1, 0.15) is 142 Å². The van der Waals surface area contributed by atoms with Crippen LogP contribution in [0.15, 0.2) is 121 Å². The Hall–Kier alpha value is -5.86. The summed E-state index contributed by atoms with van der Waals surface area (Å²) < 4.78 is 0. The minimum absolute atomic E-state index is 0.165. The predicted molar refractivity (Wildman–Crippen MR) is 283 cm³/mol. The van der Waals surface area contributed by atoms with E-state index in [0.717, 1.165) is 64.2 Å². The van der Waals surface area contributed by atoms with Crippen LogP contribution in [0.2, 0.25) is 0 Å². The van der Waals surface area contributed by atoms with Gasteiger partial charge in [-0.15, -0.1) is 0 Å². The van der Waals surface area contributed by atoms with E-state index in [1.807, 2.05) is 0 Å². The Kier molecular flexibility index (Phi) is 12.4. The molecule has 0 unspecified atom stereocenters. The lowest BCUT2D eigenvalue weighted by Gasteiger charge is -2.32. The van der Waals surface area contributed by atoms with E-state index in [1.54, 1.807) is 0 Å². The van der Waals surface area contributed by atoms with Crippen molar-refractivity contribution in [3.8, 4) is 11.1 Å². The molecule has 0 spiro atoms. The Balaban J connectivity index is 1.14. The Morgan fingerprint density at radius 1 is 0.400 bits per heavy atom. The fraction of sp³-hybridized carbons (Fsp3) is 0.333. The van der Waals surface area contributed by atoms with Gasteiger partial charge in [0, 0.05) is 39.5 Å². The fourth-order valence-electron chi connectivity index (χ4n) is 11.6. The van der Waals surface area contributed by atoms with Crippen LogP contribution in [0.4, 0.5) is 28.4 Å². The zero-order valence-electron chi connectivity index (χ0n) is 41.0. The lowest BCUT2D eigenvalue weighted by Crippen LogP contribution is -2.20. The molecule has 7 aromatic rings. The summed E-state index contributed by atoms with van der Waals surface area (Å²) in [6.45, 7) is 23.2. The Labute approximate surface area is 391 Å². The molecule has 2 nitrogen and oxygen atoms in total. The first kappa shape index (κ1) is 44.3. The highest BCUT2D eigenvalue weighted by atomic mass is 15.2. The van der Waals surface area contributed by atoms with E-state index in [-0.39, 0.29) is 5.41 Å². The summed E-state index contributed by atoms with van der Waals surface area (Å²) in [5.74, 6) is 0. The monoisotopic (exact) mass is 855 g/mol. The number of benzene rings is 7. The average Bonchev–Trinajstić information content (AvgIpc) is 3.57. The van der Waals surface area contributed by atoms with E-state index in [9.17, 15) is 0 Å². The van der Waals surface area contributed by atoms with Gasteiger partial charge in [0.2, 0.25) is 0 Å². The molecule has 0 aliphatic heterocycles. The maximum atomic E-state index is 2.57. The lowest BCUT2D eigenvalue weighted by molar-refractivity contribution is 0.665. The summed E-state index contributed by atoms with van der Waals surface area (Å²) in [5, 5.41) is 2.64. The first-order chi connectivity index (χ1) is 31.6. The molecule has 2 aliphatic rings. The summed E-state index contributed by atoms with van der Waals surface area (Å²) in [7, 11) is 0. The van der Waals surface area contributed by atoms with Gasteiger partial charge < -0.3 is 9.80 Å². The smallest absolute Gasteiger partial charge is 0.0468 e. The van der Waals surface area contributed by atoms with Crippen molar-refractivity contribution in [3.63, 3.8) is 0 Å². The van der Waals surface area contributed by atoms with Crippen LogP contribution in [0, 0.1) is 0 Å². The first-order valence-electron chi connectivity index (χ1n) is 25.1. The maximum absolute atomic E-state index is 2.57. The van der Waals surface area contributed by atoms with Gasteiger partial charge in [0.1, 0.15) is 0 Å². The third kappa shape index (κ3) is 7.81. The van der Waals surface area contributed by atoms with E-state index >= 15 is 0 Å². The molecule has 2 aliphatic carbocycles.